The molecule has 3 nitrogen and oxygen atoms in total. The quantitative estimate of drug-likeness (QED) is 0.154. The fourth-order valence-electron chi connectivity index (χ4n) is 6.66. The smallest absolute Gasteiger partial charge is 0.163 e. The standard InChI is InChI=1S/C42H43NO2/c1-5-29(2)40(27-41(44)35-11-7-6-8-12-35)30(3)17-18-31-19-23-34(24-20-31)37-14-10-15-38-36(13-9-16-39(38)42(37)45-4)33-25-21-32(28-43)22-26-33/h6-14,16,19-26,29-30,40H,5,15,17-18,27H2,1-4H3. The molecule has 0 spiro atoms. The summed E-state index contributed by atoms with van der Waals surface area (Å²) in [5.41, 5.74) is 9.55. The van der Waals surface area contributed by atoms with Gasteiger partial charge >= 0.3 is 0 Å². The molecule has 1 aliphatic rings. The Morgan fingerprint density at radius 3 is 2.20 bits per heavy atom. The highest BCUT2D eigenvalue weighted by Gasteiger charge is 2.26. The van der Waals surface area contributed by atoms with Gasteiger partial charge in [-0.2, -0.15) is 5.26 Å². The van der Waals surface area contributed by atoms with Crippen LogP contribution >= 0.6 is 0 Å². The van der Waals surface area contributed by atoms with Crippen molar-refractivity contribution in [2.75, 3.05) is 7.11 Å². The number of hydrogen-bond acceptors (Lipinski definition) is 3. The van der Waals surface area contributed by atoms with Crippen molar-refractivity contribution in [1.82, 2.24) is 0 Å². The van der Waals surface area contributed by atoms with Crippen molar-refractivity contribution in [3.05, 3.63) is 143 Å². The number of nitrogens with zero attached hydrogens (tertiary/aromatic N) is 1. The van der Waals surface area contributed by atoms with E-state index in [1.54, 1.807) is 7.11 Å². The van der Waals surface area contributed by atoms with Gasteiger partial charge < -0.3 is 4.74 Å². The summed E-state index contributed by atoms with van der Waals surface area (Å²) >= 11 is 0. The van der Waals surface area contributed by atoms with Gasteiger partial charge in [-0.1, -0.05) is 124 Å². The SMILES string of the molecule is CCC(C)C(CC(=O)c1ccccc1)C(C)CCc1ccc(C2=C(OC)c3cccc(-c4ccc(C#N)cc4)c3CC=C2)cc1. The zero-order valence-electron chi connectivity index (χ0n) is 26.9. The maximum atomic E-state index is 13.1. The molecule has 0 amide bonds. The molecule has 0 heterocycles. The lowest BCUT2D eigenvalue weighted by Crippen LogP contribution is -2.23. The highest BCUT2D eigenvalue weighted by molar-refractivity contribution is 5.96. The topological polar surface area (TPSA) is 50.1 Å². The maximum absolute atomic E-state index is 13.1. The molecule has 3 heteroatoms. The Balaban J connectivity index is 1.33. The lowest BCUT2D eigenvalue weighted by atomic mass is 9.76. The molecule has 1 aliphatic carbocycles. The van der Waals surface area contributed by atoms with Gasteiger partial charge in [0.05, 0.1) is 18.7 Å². The third kappa shape index (κ3) is 7.35. The number of ether oxygens (including phenoxy) is 1. The van der Waals surface area contributed by atoms with E-state index in [1.807, 2.05) is 54.6 Å². The monoisotopic (exact) mass is 593 g/mol. The minimum Gasteiger partial charge on any atom is -0.495 e. The van der Waals surface area contributed by atoms with E-state index in [9.17, 15) is 10.1 Å². The molecule has 0 saturated heterocycles. The first-order valence-corrected chi connectivity index (χ1v) is 16.2. The van der Waals surface area contributed by atoms with Crippen LogP contribution in [-0.2, 0) is 17.6 Å². The van der Waals surface area contributed by atoms with Gasteiger partial charge in [-0.05, 0) is 77.0 Å². The van der Waals surface area contributed by atoms with E-state index in [0.717, 1.165) is 64.8 Å². The fraction of sp³-hybridized carbons (Fsp3) is 0.286. The van der Waals surface area contributed by atoms with E-state index in [0.29, 0.717) is 29.7 Å². The van der Waals surface area contributed by atoms with Crippen LogP contribution in [0.4, 0.5) is 0 Å². The lowest BCUT2D eigenvalue weighted by molar-refractivity contribution is 0.0913. The van der Waals surface area contributed by atoms with Crippen LogP contribution in [0.25, 0.3) is 22.5 Å². The number of aryl methyl sites for hydroxylation is 1. The summed E-state index contributed by atoms with van der Waals surface area (Å²) < 4.78 is 6.08. The van der Waals surface area contributed by atoms with E-state index < -0.39 is 0 Å². The molecule has 0 radical (unpaired) electrons. The first-order chi connectivity index (χ1) is 21.9. The minimum atomic E-state index is 0.251. The normalized spacial score (nSPS) is 14.6. The van der Waals surface area contributed by atoms with Crippen molar-refractivity contribution in [2.24, 2.45) is 17.8 Å². The summed E-state index contributed by atoms with van der Waals surface area (Å²) in [6.45, 7) is 6.84. The summed E-state index contributed by atoms with van der Waals surface area (Å²) in [4.78, 5) is 13.1. The number of rotatable bonds is 12. The molecule has 0 saturated carbocycles. The predicted octanol–water partition coefficient (Wildman–Crippen LogP) is 10.4. The second kappa shape index (κ2) is 14.9. The molecule has 4 aromatic carbocycles. The highest BCUT2D eigenvalue weighted by atomic mass is 16.5. The maximum Gasteiger partial charge on any atom is 0.163 e. The van der Waals surface area contributed by atoms with Crippen molar-refractivity contribution in [3.63, 3.8) is 0 Å². The summed E-state index contributed by atoms with van der Waals surface area (Å²) in [5, 5.41) is 9.23. The number of benzene rings is 4. The fourth-order valence-corrected chi connectivity index (χ4v) is 6.66. The Morgan fingerprint density at radius 1 is 0.844 bits per heavy atom. The average Bonchev–Trinajstić information content (AvgIpc) is 3.29. The predicted molar refractivity (Wildman–Crippen MR) is 186 cm³/mol. The minimum absolute atomic E-state index is 0.251. The van der Waals surface area contributed by atoms with E-state index in [-0.39, 0.29) is 5.78 Å². The lowest BCUT2D eigenvalue weighted by Gasteiger charge is -2.29. The summed E-state index contributed by atoms with van der Waals surface area (Å²) in [6.07, 6.45) is 8.91. The molecule has 0 fully saturated rings. The van der Waals surface area contributed by atoms with E-state index in [1.165, 1.54) is 11.1 Å². The number of methoxy groups -OCH3 is 1. The molecule has 45 heavy (non-hydrogen) atoms. The van der Waals surface area contributed by atoms with E-state index in [4.69, 9.17) is 4.74 Å². The molecule has 228 valence electrons. The summed E-state index contributed by atoms with van der Waals surface area (Å²) in [5.74, 6) is 2.43. The van der Waals surface area contributed by atoms with Gasteiger partial charge in [0.1, 0.15) is 5.76 Å². The van der Waals surface area contributed by atoms with Crippen LogP contribution in [0, 0.1) is 29.1 Å². The van der Waals surface area contributed by atoms with Gasteiger partial charge in [-0.25, -0.2) is 0 Å². The average molecular weight is 594 g/mol. The number of Topliss-reactive ketones (excluding diaryl/α,β-unsaturated/α-hetero) is 1. The Morgan fingerprint density at radius 2 is 1.53 bits per heavy atom. The van der Waals surface area contributed by atoms with E-state index in [2.05, 4.69) is 81.5 Å². The van der Waals surface area contributed by atoms with Crippen LogP contribution < -0.4 is 0 Å². The first-order valence-electron chi connectivity index (χ1n) is 16.2. The molecule has 0 bridgehead atoms. The van der Waals surface area contributed by atoms with Gasteiger partial charge in [0.2, 0.25) is 0 Å². The van der Waals surface area contributed by atoms with Crippen molar-refractivity contribution >= 4 is 17.1 Å². The van der Waals surface area contributed by atoms with Crippen LogP contribution in [0.3, 0.4) is 0 Å². The summed E-state index contributed by atoms with van der Waals surface area (Å²) in [7, 11) is 1.75. The van der Waals surface area contributed by atoms with Crippen molar-refractivity contribution in [1.29, 1.82) is 5.26 Å². The van der Waals surface area contributed by atoms with Crippen LogP contribution in [0.5, 0.6) is 0 Å². The van der Waals surface area contributed by atoms with Crippen molar-refractivity contribution in [2.45, 2.75) is 52.9 Å². The van der Waals surface area contributed by atoms with Crippen LogP contribution in [0.15, 0.2) is 109 Å². The largest absolute Gasteiger partial charge is 0.495 e. The first kappa shape index (κ1) is 31.7. The molecule has 3 unspecified atom stereocenters. The second-order valence-corrected chi connectivity index (χ2v) is 12.3. The van der Waals surface area contributed by atoms with Crippen molar-refractivity contribution in [3.8, 4) is 17.2 Å². The third-order valence-electron chi connectivity index (χ3n) is 9.58. The molecular formula is C42H43NO2. The van der Waals surface area contributed by atoms with Gasteiger partial charge in [-0.3, -0.25) is 4.79 Å². The van der Waals surface area contributed by atoms with Crippen LogP contribution in [0.2, 0.25) is 0 Å². The second-order valence-electron chi connectivity index (χ2n) is 12.3. The van der Waals surface area contributed by atoms with Crippen molar-refractivity contribution < 1.29 is 9.53 Å². The van der Waals surface area contributed by atoms with Gasteiger partial charge in [0.25, 0.3) is 0 Å². The Bertz CT molecular complexity index is 1710. The zero-order valence-corrected chi connectivity index (χ0v) is 26.9. The number of allylic oxidation sites excluding steroid dienone is 3. The van der Waals surface area contributed by atoms with Gasteiger partial charge in [-0.15, -0.1) is 0 Å². The van der Waals surface area contributed by atoms with Gasteiger partial charge in [0.15, 0.2) is 5.78 Å². The molecule has 0 N–H and O–H groups in total. The van der Waals surface area contributed by atoms with Crippen LogP contribution in [0.1, 0.15) is 78.2 Å². The molecule has 5 rings (SSSR count). The molecule has 3 atom stereocenters. The van der Waals surface area contributed by atoms with Gasteiger partial charge in [0, 0.05) is 23.1 Å². The third-order valence-corrected chi connectivity index (χ3v) is 9.58. The van der Waals surface area contributed by atoms with Crippen LogP contribution in [-0.4, -0.2) is 12.9 Å². The zero-order chi connectivity index (χ0) is 31.8. The molecule has 0 aliphatic heterocycles. The number of carbonyl (C=O) groups excluding carboxylic acids is 1. The van der Waals surface area contributed by atoms with E-state index >= 15 is 0 Å². The number of hydrogen-bond donors (Lipinski definition) is 0. The molecule has 4 aromatic rings. The highest BCUT2D eigenvalue weighted by Crippen LogP contribution is 2.38. The number of nitriles is 1. The molecule has 0 aromatic heterocycles. The number of ketones is 1. The Kier molecular flexibility index (Phi) is 10.5. The molecular weight excluding hydrogens is 550 g/mol. The number of fused-ring (bicyclic) bond motifs is 1. The summed E-state index contributed by atoms with van der Waals surface area (Å²) in [6, 6.07) is 35.0. The number of carbonyl (C=O) groups is 1. The Hall–Kier alpha value is -4.68. The Labute approximate surface area is 268 Å².